The minimum atomic E-state index is 0.0788. The number of hydrogen-bond donors (Lipinski definition) is 1. The van der Waals surface area contributed by atoms with Crippen LogP contribution in [0, 0.1) is 0 Å². The van der Waals surface area contributed by atoms with Gasteiger partial charge in [0.1, 0.15) is 5.75 Å². The van der Waals surface area contributed by atoms with Crippen LogP contribution in [0.4, 0.5) is 5.13 Å². The van der Waals surface area contributed by atoms with Crippen LogP contribution in [0.15, 0.2) is 41.4 Å². The first-order valence-corrected chi connectivity index (χ1v) is 9.08. The van der Waals surface area contributed by atoms with Crippen LogP contribution in [0.25, 0.3) is 11.3 Å². The normalized spacial score (nSPS) is 12.7. The minimum absolute atomic E-state index is 0.0788. The Balaban J connectivity index is 1.68. The maximum absolute atomic E-state index is 10.2. The topological polar surface area (TPSA) is 63.9 Å². The van der Waals surface area contributed by atoms with Crippen molar-refractivity contribution in [3.8, 4) is 28.5 Å². The minimum Gasteiger partial charge on any atom is -0.504 e. The second kappa shape index (κ2) is 6.80. The second-order valence-corrected chi connectivity index (χ2v) is 7.01. The molecule has 1 aliphatic carbocycles. The molecule has 0 saturated carbocycles. The lowest BCUT2D eigenvalue weighted by Gasteiger charge is -2.15. The van der Waals surface area contributed by atoms with Gasteiger partial charge in [0.05, 0.1) is 19.9 Å². The smallest absolute Gasteiger partial charge is 0.209 e. The molecule has 1 N–H and O–H groups in total. The van der Waals surface area contributed by atoms with Crippen molar-refractivity contribution in [3.63, 3.8) is 0 Å². The van der Waals surface area contributed by atoms with E-state index < -0.39 is 0 Å². The van der Waals surface area contributed by atoms with Gasteiger partial charge < -0.3 is 14.6 Å². The van der Waals surface area contributed by atoms with Crippen LogP contribution >= 0.6 is 11.3 Å². The third-order valence-corrected chi connectivity index (χ3v) is 5.47. The average molecular weight is 366 g/mol. The van der Waals surface area contributed by atoms with Crippen molar-refractivity contribution >= 4 is 22.7 Å². The first-order valence-electron chi connectivity index (χ1n) is 8.26. The first-order chi connectivity index (χ1) is 12.7. The molecule has 6 heteroatoms. The van der Waals surface area contributed by atoms with Crippen LogP contribution in [0.5, 0.6) is 17.2 Å². The summed E-state index contributed by atoms with van der Waals surface area (Å²) in [5.41, 5.74) is 3.98. The number of aromatic hydroxyl groups is 1. The summed E-state index contributed by atoms with van der Waals surface area (Å²) in [4.78, 5) is 10.4. The molecule has 1 aromatic heterocycles. The van der Waals surface area contributed by atoms with Crippen LogP contribution in [-0.4, -0.2) is 30.5 Å². The van der Waals surface area contributed by atoms with Crippen LogP contribution in [0.3, 0.4) is 0 Å². The van der Waals surface area contributed by atoms with Gasteiger partial charge in [-0.2, -0.15) is 0 Å². The van der Waals surface area contributed by atoms with Crippen molar-refractivity contribution in [1.29, 1.82) is 0 Å². The average Bonchev–Trinajstić information content (AvgIpc) is 3.10. The number of phenolic OH excluding ortho intramolecular Hbond substituents is 1. The van der Waals surface area contributed by atoms with Gasteiger partial charge >= 0.3 is 0 Å². The van der Waals surface area contributed by atoms with E-state index in [4.69, 9.17) is 14.5 Å². The van der Waals surface area contributed by atoms with Crippen molar-refractivity contribution in [2.45, 2.75) is 12.8 Å². The van der Waals surface area contributed by atoms with E-state index in [9.17, 15) is 5.11 Å². The summed E-state index contributed by atoms with van der Waals surface area (Å²) in [6, 6.07) is 11.4. The predicted molar refractivity (Wildman–Crippen MR) is 103 cm³/mol. The zero-order valence-electron chi connectivity index (χ0n) is 14.5. The van der Waals surface area contributed by atoms with Gasteiger partial charge in [-0.1, -0.05) is 23.5 Å². The summed E-state index contributed by atoms with van der Waals surface area (Å²) in [7, 11) is 3.19. The number of methoxy groups -OCH3 is 2. The van der Waals surface area contributed by atoms with Gasteiger partial charge in [0.15, 0.2) is 11.5 Å². The molecular weight excluding hydrogens is 348 g/mol. The lowest BCUT2D eigenvalue weighted by Crippen LogP contribution is -2.02. The first kappa shape index (κ1) is 16.6. The number of hydrogen-bond acceptors (Lipinski definition) is 6. The Hall–Kier alpha value is -2.86. The molecule has 2 aromatic carbocycles. The predicted octanol–water partition coefficient (Wildman–Crippen LogP) is 4.38. The fraction of sp³-hybridized carbons (Fsp3) is 0.200. The number of phenols is 1. The Morgan fingerprint density at radius 1 is 1.15 bits per heavy atom. The molecule has 0 saturated heterocycles. The van der Waals surface area contributed by atoms with E-state index in [0.29, 0.717) is 16.4 Å². The Morgan fingerprint density at radius 3 is 2.85 bits per heavy atom. The lowest BCUT2D eigenvalue weighted by atomic mass is 9.93. The number of aliphatic imine (C=N–C) groups is 1. The lowest BCUT2D eigenvalue weighted by molar-refractivity contribution is 0.373. The SMILES string of the molecule is COc1ccc2c(c1)-c1nc(/N=C/c3cccc(OC)c3O)sc1CC2. The monoisotopic (exact) mass is 366 g/mol. The molecule has 26 heavy (non-hydrogen) atoms. The van der Waals surface area contributed by atoms with Crippen molar-refractivity contribution in [2.75, 3.05) is 14.2 Å². The molecule has 132 valence electrons. The number of thiazole rings is 1. The van der Waals surface area contributed by atoms with Gasteiger partial charge in [0.25, 0.3) is 0 Å². The van der Waals surface area contributed by atoms with Crippen LogP contribution in [0.1, 0.15) is 16.0 Å². The molecule has 0 spiro atoms. The summed E-state index contributed by atoms with van der Waals surface area (Å²) in [6.45, 7) is 0. The number of rotatable bonds is 4. The Labute approximate surface area is 155 Å². The largest absolute Gasteiger partial charge is 0.504 e. The molecule has 0 amide bonds. The zero-order chi connectivity index (χ0) is 18.1. The fourth-order valence-electron chi connectivity index (χ4n) is 3.08. The molecule has 1 heterocycles. The molecule has 3 aromatic rings. The van der Waals surface area contributed by atoms with Crippen LogP contribution in [-0.2, 0) is 12.8 Å². The van der Waals surface area contributed by atoms with Gasteiger partial charge in [-0.15, -0.1) is 0 Å². The molecule has 4 rings (SSSR count). The van der Waals surface area contributed by atoms with E-state index in [1.165, 1.54) is 17.6 Å². The van der Waals surface area contributed by atoms with Crippen molar-refractivity contribution < 1.29 is 14.6 Å². The highest BCUT2D eigenvalue weighted by atomic mass is 32.1. The maximum atomic E-state index is 10.2. The fourth-order valence-corrected chi connectivity index (χ4v) is 4.00. The molecule has 0 fully saturated rings. The highest BCUT2D eigenvalue weighted by Gasteiger charge is 2.21. The summed E-state index contributed by atoms with van der Waals surface area (Å²) in [6.07, 6.45) is 3.58. The van der Waals surface area contributed by atoms with E-state index in [1.54, 1.807) is 36.8 Å². The molecule has 0 aliphatic heterocycles. The number of para-hydroxylation sites is 1. The van der Waals surface area contributed by atoms with Crippen molar-refractivity contribution in [3.05, 3.63) is 52.4 Å². The number of aryl methyl sites for hydroxylation is 2. The third-order valence-electron chi connectivity index (χ3n) is 4.44. The van der Waals surface area contributed by atoms with Crippen molar-refractivity contribution in [2.24, 2.45) is 4.99 Å². The standard InChI is InChI=1S/C20H18N2O3S/c1-24-14-8-6-12-7-9-17-18(15(12)10-14)22-20(26-17)21-11-13-4-3-5-16(25-2)19(13)23/h3-6,8,10-11,23H,7,9H2,1-2H3/b21-11+. The quantitative estimate of drug-likeness (QED) is 0.696. The molecular formula is C20H18N2O3S. The molecule has 0 radical (unpaired) electrons. The summed E-state index contributed by atoms with van der Waals surface area (Å²) in [5.74, 6) is 1.33. The number of ether oxygens (including phenoxy) is 2. The molecule has 1 aliphatic rings. The second-order valence-electron chi connectivity index (χ2n) is 5.95. The molecule has 0 unspecified atom stereocenters. The number of fused-ring (bicyclic) bond motifs is 3. The molecule has 5 nitrogen and oxygen atoms in total. The summed E-state index contributed by atoms with van der Waals surface area (Å²) >= 11 is 1.58. The number of benzene rings is 2. The maximum Gasteiger partial charge on any atom is 0.209 e. The van der Waals surface area contributed by atoms with E-state index >= 15 is 0 Å². The Kier molecular flexibility index (Phi) is 4.34. The van der Waals surface area contributed by atoms with Gasteiger partial charge in [0.2, 0.25) is 5.13 Å². The molecule has 0 atom stereocenters. The van der Waals surface area contributed by atoms with E-state index in [2.05, 4.69) is 11.1 Å². The highest BCUT2D eigenvalue weighted by Crippen LogP contribution is 2.40. The van der Waals surface area contributed by atoms with Crippen LogP contribution in [0.2, 0.25) is 0 Å². The summed E-state index contributed by atoms with van der Waals surface area (Å²) in [5, 5.41) is 10.8. The Morgan fingerprint density at radius 2 is 2.04 bits per heavy atom. The number of nitrogens with zero attached hydrogens (tertiary/aromatic N) is 2. The van der Waals surface area contributed by atoms with Gasteiger partial charge in [0, 0.05) is 22.2 Å². The molecule has 0 bridgehead atoms. The third kappa shape index (κ3) is 2.93. The Bertz CT molecular complexity index is 995. The van der Waals surface area contributed by atoms with Gasteiger partial charge in [-0.05, 0) is 42.7 Å². The zero-order valence-corrected chi connectivity index (χ0v) is 15.3. The van der Waals surface area contributed by atoms with Gasteiger partial charge in [-0.25, -0.2) is 9.98 Å². The van der Waals surface area contributed by atoms with E-state index in [-0.39, 0.29) is 5.75 Å². The highest BCUT2D eigenvalue weighted by molar-refractivity contribution is 7.15. The van der Waals surface area contributed by atoms with E-state index in [1.807, 2.05) is 18.2 Å². The van der Waals surface area contributed by atoms with Crippen LogP contribution < -0.4 is 9.47 Å². The summed E-state index contributed by atoms with van der Waals surface area (Å²) < 4.78 is 10.5. The van der Waals surface area contributed by atoms with Crippen molar-refractivity contribution in [1.82, 2.24) is 4.98 Å². The van der Waals surface area contributed by atoms with E-state index in [0.717, 1.165) is 29.8 Å². The number of aromatic nitrogens is 1. The van der Waals surface area contributed by atoms with Gasteiger partial charge in [-0.3, -0.25) is 0 Å².